The molecule has 85 valence electrons. The summed E-state index contributed by atoms with van der Waals surface area (Å²) in [5.74, 6) is -4.70. The maximum atomic E-state index is 9.99. The van der Waals surface area contributed by atoms with Crippen molar-refractivity contribution in [1.82, 2.24) is 4.90 Å². The number of rotatable bonds is 6. The van der Waals surface area contributed by atoms with Crippen molar-refractivity contribution in [3.8, 4) is 0 Å². The molecule has 8 heteroatoms. The average Bonchev–Trinajstić information content (AvgIpc) is 1.80. The van der Waals surface area contributed by atoms with Gasteiger partial charge in [0, 0.05) is 42.0 Å². The monoisotopic (exact) mass is 295 g/mol. The molecule has 0 atom stereocenters. The van der Waals surface area contributed by atoms with E-state index >= 15 is 0 Å². The maximum Gasteiger partial charge on any atom is 0.0555 e. The Morgan fingerprint density at radius 3 is 1.14 bits per heavy atom. The first kappa shape index (κ1) is 15.6. The van der Waals surface area contributed by atoms with E-state index in [1.165, 1.54) is 0 Å². The molecule has 1 radical (unpaired) electrons. The second-order valence-corrected chi connectivity index (χ2v) is 2.26. The van der Waals surface area contributed by atoms with Crippen LogP contribution in [0.2, 0.25) is 0 Å². The van der Waals surface area contributed by atoms with E-state index in [4.69, 9.17) is 0 Å². The smallest absolute Gasteiger partial charge is 0.0555 e. The molecule has 0 aliphatic carbocycles. The summed E-state index contributed by atoms with van der Waals surface area (Å²) in [7, 11) is 0. The van der Waals surface area contributed by atoms with Gasteiger partial charge in [-0.3, -0.25) is 4.90 Å². The molecule has 0 bridgehead atoms. The third-order valence-corrected chi connectivity index (χ3v) is 1.06. The van der Waals surface area contributed by atoms with Gasteiger partial charge in [-0.15, -0.1) is 0 Å². The molecule has 0 heterocycles. The molecule has 0 saturated heterocycles. The second-order valence-electron chi connectivity index (χ2n) is 2.26. The number of carboxylic acid groups (broad SMARTS) is 3. The van der Waals surface area contributed by atoms with Gasteiger partial charge in [-0.05, 0) is 0 Å². The van der Waals surface area contributed by atoms with Crippen LogP contribution in [0.5, 0.6) is 0 Å². The molecule has 0 aromatic carbocycles. The molecule has 0 aromatic rings. The molecular weight excluding hydrogens is 290 g/mol. The Balaban J connectivity index is 0. The Kier molecular flexibility index (Phi) is 8.35. The summed E-state index contributed by atoms with van der Waals surface area (Å²) >= 11 is 0. The molecule has 0 unspecified atom stereocenters. The van der Waals surface area contributed by atoms with Crippen LogP contribution in [0.1, 0.15) is 0 Å². The van der Waals surface area contributed by atoms with E-state index in [0.29, 0.717) is 4.90 Å². The zero-order valence-electron chi connectivity index (χ0n) is 6.82. The summed E-state index contributed by atoms with van der Waals surface area (Å²) in [6, 6.07) is 0. The van der Waals surface area contributed by atoms with E-state index in [2.05, 4.69) is 0 Å². The summed E-state index contributed by atoms with van der Waals surface area (Å²) in [5.41, 5.74) is 0. The number of aliphatic carboxylic acids is 3. The molecule has 0 saturated carbocycles. The van der Waals surface area contributed by atoms with Gasteiger partial charge in [-0.1, -0.05) is 0 Å². The molecule has 0 aliphatic heterocycles. The van der Waals surface area contributed by atoms with Crippen molar-refractivity contribution >= 4 is 17.9 Å². The van der Waals surface area contributed by atoms with Gasteiger partial charge in [-0.2, -0.15) is 0 Å². The summed E-state index contributed by atoms with van der Waals surface area (Å²) in [6.07, 6.45) is 0. The van der Waals surface area contributed by atoms with E-state index in [0.717, 1.165) is 0 Å². The van der Waals surface area contributed by atoms with Crippen LogP contribution in [0.25, 0.3) is 0 Å². The fraction of sp³-hybridized carbons (Fsp3) is 0.500. The number of carboxylic acids is 3. The number of hydrogen-bond acceptors (Lipinski definition) is 7. The molecule has 0 N–H and O–H groups in total. The Morgan fingerprint density at radius 2 is 1.00 bits per heavy atom. The summed E-state index contributed by atoms with van der Waals surface area (Å²) < 4.78 is 0. The first-order valence-electron chi connectivity index (χ1n) is 3.23. The topological polar surface area (TPSA) is 124 Å². The average molecular weight is 296 g/mol. The minimum atomic E-state index is -1.57. The van der Waals surface area contributed by atoms with Crippen LogP contribution in [0, 0.1) is 0 Å². The quantitative estimate of drug-likeness (QED) is 0.448. The van der Waals surface area contributed by atoms with Gasteiger partial charge in [0.15, 0.2) is 0 Å². The zero-order valence-corrected chi connectivity index (χ0v) is 8.30. The van der Waals surface area contributed by atoms with Crippen molar-refractivity contribution < 1.29 is 52.1 Å². The fourth-order valence-electron chi connectivity index (χ4n) is 0.715. The van der Waals surface area contributed by atoms with Crippen LogP contribution in [-0.2, 0) is 36.8 Å². The molecule has 0 aromatic heterocycles. The van der Waals surface area contributed by atoms with E-state index in [-0.39, 0.29) is 22.4 Å². The SMILES string of the molecule is O=C([O-])CN(CC(=O)[O-])CC(=O)[O-].[Ag]. The normalized spacial score (nSPS) is 9.21. The Bertz CT molecular complexity index is 192. The van der Waals surface area contributed by atoms with Gasteiger partial charge in [0.1, 0.15) is 0 Å². The molecule has 7 nitrogen and oxygen atoms in total. The predicted molar refractivity (Wildman–Crippen MR) is 31.5 cm³/mol. The van der Waals surface area contributed by atoms with Gasteiger partial charge < -0.3 is 29.7 Å². The van der Waals surface area contributed by atoms with Crippen molar-refractivity contribution in [3.63, 3.8) is 0 Å². The van der Waals surface area contributed by atoms with Crippen LogP contribution in [0.15, 0.2) is 0 Å². The molecule has 14 heavy (non-hydrogen) atoms. The van der Waals surface area contributed by atoms with Crippen molar-refractivity contribution in [2.75, 3.05) is 19.6 Å². The van der Waals surface area contributed by atoms with Gasteiger partial charge in [0.25, 0.3) is 0 Å². The summed E-state index contributed by atoms with van der Waals surface area (Å²) in [4.78, 5) is 30.6. The van der Waals surface area contributed by atoms with Gasteiger partial charge in [-0.25, -0.2) is 0 Å². The van der Waals surface area contributed by atoms with Gasteiger partial charge in [0.2, 0.25) is 0 Å². The maximum absolute atomic E-state index is 9.99. The Hall–Kier alpha value is -0.890. The third kappa shape index (κ3) is 9.20. The predicted octanol–water partition coefficient (Wildman–Crippen LogP) is -5.46. The first-order chi connectivity index (χ1) is 5.91. The van der Waals surface area contributed by atoms with Crippen molar-refractivity contribution in [2.24, 2.45) is 0 Å². The molecule has 0 amide bonds. The summed E-state index contributed by atoms with van der Waals surface area (Å²) in [5, 5.41) is 30.0. The summed E-state index contributed by atoms with van der Waals surface area (Å²) in [6.45, 7) is -2.37. The van der Waals surface area contributed by atoms with E-state index in [9.17, 15) is 29.7 Å². The minimum Gasteiger partial charge on any atom is -0.549 e. The Labute approximate surface area is 94.8 Å². The third-order valence-electron chi connectivity index (χ3n) is 1.06. The minimum absolute atomic E-state index is 0. The Morgan fingerprint density at radius 1 is 0.786 bits per heavy atom. The largest absolute Gasteiger partial charge is 0.549 e. The molecule has 0 aliphatic rings. The van der Waals surface area contributed by atoms with E-state index in [1.807, 2.05) is 0 Å². The fourth-order valence-corrected chi connectivity index (χ4v) is 0.715. The molecular formula is C6H6AgNO6-3. The van der Waals surface area contributed by atoms with Crippen LogP contribution in [0.3, 0.4) is 0 Å². The zero-order chi connectivity index (χ0) is 10.4. The van der Waals surface area contributed by atoms with Crippen molar-refractivity contribution in [1.29, 1.82) is 0 Å². The van der Waals surface area contributed by atoms with Crippen LogP contribution >= 0.6 is 0 Å². The van der Waals surface area contributed by atoms with Crippen LogP contribution in [0.4, 0.5) is 0 Å². The van der Waals surface area contributed by atoms with Crippen molar-refractivity contribution in [2.45, 2.75) is 0 Å². The number of hydrogen-bond donors (Lipinski definition) is 0. The number of nitrogens with zero attached hydrogens (tertiary/aromatic N) is 1. The van der Waals surface area contributed by atoms with E-state index in [1.54, 1.807) is 0 Å². The standard InChI is InChI=1S/C6H9NO6.Ag/c8-4(9)1-7(2-5(10)11)3-6(12)13;/h1-3H2,(H,8,9)(H,10,11)(H,12,13);/p-3. The van der Waals surface area contributed by atoms with Crippen LogP contribution in [-0.4, -0.2) is 42.4 Å². The van der Waals surface area contributed by atoms with E-state index < -0.39 is 37.5 Å². The van der Waals surface area contributed by atoms with Crippen LogP contribution < -0.4 is 15.3 Å². The van der Waals surface area contributed by atoms with Gasteiger partial charge in [0.05, 0.1) is 17.9 Å². The number of carbonyl (C=O) groups excluding carboxylic acids is 3. The molecule has 0 fully saturated rings. The first-order valence-corrected chi connectivity index (χ1v) is 3.23. The molecule has 0 spiro atoms. The molecule has 0 rings (SSSR count). The number of carbonyl (C=O) groups is 3. The van der Waals surface area contributed by atoms with Gasteiger partial charge >= 0.3 is 0 Å². The second kappa shape index (κ2) is 7.51. The van der Waals surface area contributed by atoms with Crippen molar-refractivity contribution in [3.05, 3.63) is 0 Å².